The molecular formula is C21H26N4O3S. The summed E-state index contributed by atoms with van der Waals surface area (Å²) in [7, 11) is 0. The molecule has 2 N–H and O–H groups in total. The van der Waals surface area contributed by atoms with Crippen LogP contribution in [0.25, 0.3) is 0 Å². The van der Waals surface area contributed by atoms with Crippen molar-refractivity contribution in [3.05, 3.63) is 57.8 Å². The van der Waals surface area contributed by atoms with Gasteiger partial charge in [0.15, 0.2) is 0 Å². The summed E-state index contributed by atoms with van der Waals surface area (Å²) in [5.74, 6) is -0.232. The minimum atomic E-state index is -0.490. The summed E-state index contributed by atoms with van der Waals surface area (Å²) in [5.41, 5.74) is 2.17. The summed E-state index contributed by atoms with van der Waals surface area (Å²) in [6.07, 6.45) is 0.400. The number of urea groups is 1. The van der Waals surface area contributed by atoms with E-state index >= 15 is 0 Å². The van der Waals surface area contributed by atoms with E-state index < -0.39 is 6.03 Å². The number of hydrogen-bond acceptors (Lipinski definition) is 5. The van der Waals surface area contributed by atoms with Gasteiger partial charge in [-0.05, 0) is 29.5 Å². The number of carbonyl (C=O) groups excluding carboxylic acids is 3. The summed E-state index contributed by atoms with van der Waals surface area (Å²) in [6, 6.07) is 11.3. The number of nitrogens with zero attached hydrogens (tertiary/aromatic N) is 2. The second kappa shape index (κ2) is 10.2. The van der Waals surface area contributed by atoms with Crippen LogP contribution in [0.2, 0.25) is 0 Å². The molecule has 0 bridgehead atoms. The largest absolute Gasteiger partial charge is 0.340 e. The second-order valence-corrected chi connectivity index (χ2v) is 8.10. The standard InChI is InChI=1S/C21H26N4O3S/c1-16-5-2-3-6-17(16)13-20(27)25-10-8-24(9-11-25)15-19(26)23-21(28)22-14-18-7-4-12-29-18/h2-7,12H,8-11,13-15H2,1H3,(H2,22,23,26,28). The highest BCUT2D eigenvalue weighted by molar-refractivity contribution is 7.09. The molecule has 2 aromatic rings. The summed E-state index contributed by atoms with van der Waals surface area (Å²) in [6.45, 7) is 4.96. The Morgan fingerprint density at radius 3 is 2.48 bits per heavy atom. The van der Waals surface area contributed by atoms with E-state index in [-0.39, 0.29) is 18.4 Å². The molecule has 4 amide bonds. The number of benzene rings is 1. The van der Waals surface area contributed by atoms with E-state index in [1.165, 1.54) is 0 Å². The Kier molecular flexibility index (Phi) is 7.37. The Morgan fingerprint density at radius 1 is 1.03 bits per heavy atom. The molecule has 0 unspecified atom stereocenters. The topological polar surface area (TPSA) is 81.8 Å². The van der Waals surface area contributed by atoms with E-state index in [1.807, 2.05) is 58.5 Å². The summed E-state index contributed by atoms with van der Waals surface area (Å²) in [4.78, 5) is 41.3. The van der Waals surface area contributed by atoms with Crippen LogP contribution in [0.15, 0.2) is 41.8 Å². The molecule has 1 saturated heterocycles. The van der Waals surface area contributed by atoms with Gasteiger partial charge in [0.2, 0.25) is 11.8 Å². The molecule has 1 aromatic heterocycles. The Bertz CT molecular complexity index is 845. The molecule has 0 saturated carbocycles. The van der Waals surface area contributed by atoms with Gasteiger partial charge in [-0.25, -0.2) is 4.79 Å². The lowest BCUT2D eigenvalue weighted by molar-refractivity contribution is -0.132. The van der Waals surface area contributed by atoms with Crippen LogP contribution in [0.3, 0.4) is 0 Å². The van der Waals surface area contributed by atoms with Gasteiger partial charge in [0.25, 0.3) is 0 Å². The number of imide groups is 1. The van der Waals surface area contributed by atoms with Gasteiger partial charge in [-0.2, -0.15) is 0 Å². The normalized spacial score (nSPS) is 14.4. The minimum absolute atomic E-state index is 0.108. The van der Waals surface area contributed by atoms with Crippen molar-refractivity contribution in [1.29, 1.82) is 0 Å². The molecule has 0 spiro atoms. The van der Waals surface area contributed by atoms with Crippen LogP contribution in [-0.4, -0.2) is 60.4 Å². The molecule has 3 rings (SSSR count). The number of hydrogen-bond donors (Lipinski definition) is 2. The van der Waals surface area contributed by atoms with Crippen molar-refractivity contribution in [2.75, 3.05) is 32.7 Å². The van der Waals surface area contributed by atoms with Crippen LogP contribution in [0.5, 0.6) is 0 Å². The third-order valence-electron chi connectivity index (χ3n) is 4.95. The van der Waals surface area contributed by atoms with Gasteiger partial charge in [0.1, 0.15) is 0 Å². The first kappa shape index (κ1) is 21.0. The number of carbonyl (C=O) groups is 3. The molecule has 154 valence electrons. The number of rotatable bonds is 6. The number of nitrogens with one attached hydrogen (secondary N) is 2. The molecule has 1 aromatic carbocycles. The van der Waals surface area contributed by atoms with E-state index in [0.29, 0.717) is 39.1 Å². The number of aryl methyl sites for hydroxylation is 1. The van der Waals surface area contributed by atoms with E-state index in [1.54, 1.807) is 11.3 Å². The smallest absolute Gasteiger partial charge is 0.321 e. The summed E-state index contributed by atoms with van der Waals surface area (Å²) < 4.78 is 0. The summed E-state index contributed by atoms with van der Waals surface area (Å²) in [5, 5.41) is 6.96. The SMILES string of the molecule is Cc1ccccc1CC(=O)N1CCN(CC(=O)NC(=O)NCc2cccs2)CC1. The fraction of sp³-hybridized carbons (Fsp3) is 0.381. The number of thiophene rings is 1. The zero-order chi connectivity index (χ0) is 20.6. The van der Waals surface area contributed by atoms with Gasteiger partial charge in [0.05, 0.1) is 19.5 Å². The van der Waals surface area contributed by atoms with Gasteiger partial charge in [0, 0.05) is 31.1 Å². The van der Waals surface area contributed by atoms with Crippen LogP contribution in [0.1, 0.15) is 16.0 Å². The van der Waals surface area contributed by atoms with Crippen LogP contribution in [0.4, 0.5) is 4.79 Å². The van der Waals surface area contributed by atoms with Crippen molar-refractivity contribution < 1.29 is 14.4 Å². The first-order valence-corrected chi connectivity index (χ1v) is 10.5. The van der Waals surface area contributed by atoms with Crippen molar-refractivity contribution in [2.24, 2.45) is 0 Å². The highest BCUT2D eigenvalue weighted by Gasteiger charge is 2.23. The predicted octanol–water partition coefficient (Wildman–Crippen LogP) is 1.77. The van der Waals surface area contributed by atoms with E-state index in [2.05, 4.69) is 10.6 Å². The van der Waals surface area contributed by atoms with Gasteiger partial charge >= 0.3 is 6.03 Å². The van der Waals surface area contributed by atoms with Gasteiger partial charge in [-0.3, -0.25) is 19.8 Å². The lowest BCUT2D eigenvalue weighted by atomic mass is 10.1. The van der Waals surface area contributed by atoms with Crippen LogP contribution >= 0.6 is 11.3 Å². The first-order chi connectivity index (χ1) is 14.0. The Labute approximate surface area is 174 Å². The van der Waals surface area contributed by atoms with E-state index in [4.69, 9.17) is 0 Å². The van der Waals surface area contributed by atoms with Crippen molar-refractivity contribution in [1.82, 2.24) is 20.4 Å². The Hall–Kier alpha value is -2.71. The van der Waals surface area contributed by atoms with Crippen LogP contribution in [-0.2, 0) is 22.6 Å². The molecule has 1 aliphatic rings. The maximum absolute atomic E-state index is 12.5. The fourth-order valence-electron chi connectivity index (χ4n) is 3.23. The van der Waals surface area contributed by atoms with Crippen LogP contribution in [0, 0.1) is 6.92 Å². The molecule has 8 heteroatoms. The number of amides is 4. The third kappa shape index (κ3) is 6.40. The predicted molar refractivity (Wildman–Crippen MR) is 113 cm³/mol. The highest BCUT2D eigenvalue weighted by atomic mass is 32.1. The number of piperazine rings is 1. The minimum Gasteiger partial charge on any atom is -0.340 e. The van der Waals surface area contributed by atoms with Crippen molar-refractivity contribution >= 4 is 29.2 Å². The lowest BCUT2D eigenvalue weighted by Gasteiger charge is -2.34. The average molecular weight is 415 g/mol. The molecule has 1 fully saturated rings. The molecular weight excluding hydrogens is 388 g/mol. The highest BCUT2D eigenvalue weighted by Crippen LogP contribution is 2.11. The molecule has 0 radical (unpaired) electrons. The molecule has 2 heterocycles. The zero-order valence-corrected chi connectivity index (χ0v) is 17.3. The average Bonchev–Trinajstić information content (AvgIpc) is 3.22. The van der Waals surface area contributed by atoms with Crippen molar-refractivity contribution in [2.45, 2.75) is 19.9 Å². The molecule has 1 aliphatic heterocycles. The van der Waals surface area contributed by atoms with Crippen LogP contribution < -0.4 is 10.6 Å². The Balaban J connectivity index is 1.36. The van der Waals surface area contributed by atoms with Gasteiger partial charge in [-0.15, -0.1) is 11.3 Å². The van der Waals surface area contributed by atoms with E-state index in [0.717, 1.165) is 16.0 Å². The van der Waals surface area contributed by atoms with E-state index in [9.17, 15) is 14.4 Å². The van der Waals surface area contributed by atoms with Crippen molar-refractivity contribution in [3.8, 4) is 0 Å². The monoisotopic (exact) mass is 414 g/mol. The Morgan fingerprint density at radius 2 is 1.79 bits per heavy atom. The van der Waals surface area contributed by atoms with Gasteiger partial charge < -0.3 is 10.2 Å². The maximum Gasteiger partial charge on any atom is 0.321 e. The summed E-state index contributed by atoms with van der Waals surface area (Å²) >= 11 is 1.55. The lowest BCUT2D eigenvalue weighted by Crippen LogP contribution is -2.52. The van der Waals surface area contributed by atoms with Crippen molar-refractivity contribution in [3.63, 3.8) is 0 Å². The van der Waals surface area contributed by atoms with Gasteiger partial charge in [-0.1, -0.05) is 30.3 Å². The first-order valence-electron chi connectivity index (χ1n) is 9.66. The molecule has 0 atom stereocenters. The quantitative estimate of drug-likeness (QED) is 0.755. The fourth-order valence-corrected chi connectivity index (χ4v) is 3.88. The molecule has 0 aliphatic carbocycles. The molecule has 7 nitrogen and oxygen atoms in total. The second-order valence-electron chi connectivity index (χ2n) is 7.07. The molecule has 29 heavy (non-hydrogen) atoms. The zero-order valence-electron chi connectivity index (χ0n) is 16.5. The third-order valence-corrected chi connectivity index (χ3v) is 5.83. The maximum atomic E-state index is 12.5.